The molecular weight excluding hydrogens is 392 g/mol. The first-order valence-corrected chi connectivity index (χ1v) is 10.1. The van der Waals surface area contributed by atoms with Crippen LogP contribution in [0.25, 0.3) is 5.76 Å². The lowest BCUT2D eigenvalue weighted by molar-refractivity contribution is -0.132. The summed E-state index contributed by atoms with van der Waals surface area (Å²) in [6.45, 7) is 1.98. The SMILES string of the molecule is CC1Cc2cc(/C(O)=C3/C(=O)C(=O)N(c4ccccc4)C3c3ccccn3)ccc2O1. The molecule has 0 spiro atoms. The van der Waals surface area contributed by atoms with Crippen LogP contribution in [0.4, 0.5) is 5.69 Å². The summed E-state index contributed by atoms with van der Waals surface area (Å²) in [6, 6.07) is 18.7. The van der Waals surface area contributed by atoms with Crippen LogP contribution in [-0.4, -0.2) is 27.9 Å². The number of nitrogens with zero attached hydrogens (tertiary/aromatic N) is 2. The number of benzene rings is 2. The molecule has 0 bridgehead atoms. The van der Waals surface area contributed by atoms with E-state index in [1.807, 2.05) is 19.1 Å². The molecule has 5 rings (SSSR count). The number of ether oxygens (including phenoxy) is 1. The van der Waals surface area contributed by atoms with Gasteiger partial charge in [-0.3, -0.25) is 19.5 Å². The van der Waals surface area contributed by atoms with Gasteiger partial charge in [0.25, 0.3) is 11.7 Å². The van der Waals surface area contributed by atoms with Crippen LogP contribution in [0.2, 0.25) is 0 Å². The number of aromatic nitrogens is 1. The number of hydrogen-bond donors (Lipinski definition) is 1. The van der Waals surface area contributed by atoms with E-state index in [-0.39, 0.29) is 17.4 Å². The second-order valence-electron chi connectivity index (χ2n) is 7.71. The summed E-state index contributed by atoms with van der Waals surface area (Å²) in [4.78, 5) is 31.9. The topological polar surface area (TPSA) is 79.7 Å². The number of para-hydroxylation sites is 1. The van der Waals surface area contributed by atoms with Gasteiger partial charge in [0, 0.05) is 23.9 Å². The molecule has 0 saturated carbocycles. The average Bonchev–Trinajstić information content (AvgIpc) is 3.30. The van der Waals surface area contributed by atoms with E-state index in [1.165, 1.54) is 4.90 Å². The molecule has 31 heavy (non-hydrogen) atoms. The van der Waals surface area contributed by atoms with Crippen molar-refractivity contribution < 1.29 is 19.4 Å². The van der Waals surface area contributed by atoms with Crippen LogP contribution in [0.1, 0.15) is 29.8 Å². The first-order valence-electron chi connectivity index (χ1n) is 10.1. The van der Waals surface area contributed by atoms with Crippen molar-refractivity contribution in [1.29, 1.82) is 0 Å². The summed E-state index contributed by atoms with van der Waals surface area (Å²) < 4.78 is 5.73. The number of aliphatic hydroxyl groups excluding tert-OH is 1. The molecule has 1 N–H and O–H groups in total. The van der Waals surface area contributed by atoms with Crippen molar-refractivity contribution in [3.63, 3.8) is 0 Å². The molecule has 1 saturated heterocycles. The lowest BCUT2D eigenvalue weighted by atomic mass is 9.96. The molecule has 154 valence electrons. The van der Waals surface area contributed by atoms with Gasteiger partial charge in [0.2, 0.25) is 0 Å². The number of Topliss-reactive ketones (excluding diaryl/α,β-unsaturated/α-hetero) is 1. The monoisotopic (exact) mass is 412 g/mol. The van der Waals surface area contributed by atoms with E-state index in [9.17, 15) is 14.7 Å². The van der Waals surface area contributed by atoms with E-state index in [2.05, 4.69) is 4.98 Å². The maximum Gasteiger partial charge on any atom is 0.300 e. The smallest absolute Gasteiger partial charge is 0.300 e. The molecule has 0 aliphatic carbocycles. The third kappa shape index (κ3) is 3.17. The van der Waals surface area contributed by atoms with E-state index in [0.29, 0.717) is 16.9 Å². The zero-order chi connectivity index (χ0) is 21.5. The number of rotatable bonds is 3. The number of amides is 1. The highest BCUT2D eigenvalue weighted by Crippen LogP contribution is 2.42. The van der Waals surface area contributed by atoms with Crippen molar-refractivity contribution in [1.82, 2.24) is 4.98 Å². The Labute approximate surface area is 179 Å². The number of aliphatic hydroxyl groups is 1. The fraction of sp³-hybridized carbons (Fsp3) is 0.160. The molecular formula is C25H20N2O4. The maximum atomic E-state index is 13.1. The van der Waals surface area contributed by atoms with Gasteiger partial charge in [0.05, 0.1) is 11.3 Å². The molecule has 2 aliphatic rings. The van der Waals surface area contributed by atoms with E-state index < -0.39 is 17.7 Å². The Morgan fingerprint density at radius 1 is 1.06 bits per heavy atom. The fourth-order valence-corrected chi connectivity index (χ4v) is 4.23. The van der Waals surface area contributed by atoms with Crippen molar-refractivity contribution in [2.45, 2.75) is 25.5 Å². The summed E-state index contributed by atoms with van der Waals surface area (Å²) in [5.41, 5.74) is 2.53. The van der Waals surface area contributed by atoms with Crippen molar-refractivity contribution in [3.05, 3.63) is 95.3 Å². The van der Waals surface area contributed by atoms with Crippen LogP contribution in [0, 0.1) is 0 Å². The van der Waals surface area contributed by atoms with Crippen molar-refractivity contribution in [2.24, 2.45) is 0 Å². The van der Waals surface area contributed by atoms with Gasteiger partial charge >= 0.3 is 0 Å². The number of carbonyl (C=O) groups excluding carboxylic acids is 2. The predicted octanol–water partition coefficient (Wildman–Crippen LogP) is 4.03. The molecule has 1 aromatic heterocycles. The van der Waals surface area contributed by atoms with Crippen molar-refractivity contribution >= 4 is 23.1 Å². The zero-order valence-electron chi connectivity index (χ0n) is 16.9. The van der Waals surface area contributed by atoms with E-state index in [1.54, 1.807) is 60.8 Å². The minimum absolute atomic E-state index is 0.0273. The first kappa shape index (κ1) is 19.1. The maximum absolute atomic E-state index is 13.1. The Bertz CT molecular complexity index is 1200. The van der Waals surface area contributed by atoms with Crippen LogP contribution < -0.4 is 9.64 Å². The average molecular weight is 412 g/mol. The number of fused-ring (bicyclic) bond motifs is 1. The van der Waals surface area contributed by atoms with Gasteiger partial charge in [0.15, 0.2) is 0 Å². The number of ketones is 1. The largest absolute Gasteiger partial charge is 0.507 e. The minimum atomic E-state index is -0.827. The molecule has 1 fully saturated rings. The second-order valence-corrected chi connectivity index (χ2v) is 7.71. The lowest BCUT2D eigenvalue weighted by Gasteiger charge is -2.24. The molecule has 0 radical (unpaired) electrons. The Morgan fingerprint density at radius 2 is 1.84 bits per heavy atom. The first-order chi connectivity index (χ1) is 15.0. The van der Waals surface area contributed by atoms with E-state index in [0.717, 1.165) is 17.7 Å². The summed E-state index contributed by atoms with van der Waals surface area (Å²) in [5.74, 6) is -0.867. The van der Waals surface area contributed by atoms with Crippen molar-refractivity contribution in [3.8, 4) is 5.75 Å². The third-order valence-corrected chi connectivity index (χ3v) is 5.62. The molecule has 2 aromatic carbocycles. The summed E-state index contributed by atoms with van der Waals surface area (Å²) >= 11 is 0. The van der Waals surface area contributed by atoms with E-state index >= 15 is 0 Å². The Hall–Kier alpha value is -3.93. The molecule has 1 amide bonds. The Balaban J connectivity index is 1.68. The highest BCUT2D eigenvalue weighted by atomic mass is 16.5. The predicted molar refractivity (Wildman–Crippen MR) is 116 cm³/mol. The van der Waals surface area contributed by atoms with E-state index in [4.69, 9.17) is 4.74 Å². The summed E-state index contributed by atoms with van der Waals surface area (Å²) in [5, 5.41) is 11.2. The molecule has 6 heteroatoms. The van der Waals surface area contributed by atoms with Gasteiger partial charge in [-0.05, 0) is 55.0 Å². The van der Waals surface area contributed by atoms with Crippen LogP contribution in [-0.2, 0) is 16.0 Å². The highest BCUT2D eigenvalue weighted by Gasteiger charge is 2.47. The highest BCUT2D eigenvalue weighted by molar-refractivity contribution is 6.51. The molecule has 3 aromatic rings. The van der Waals surface area contributed by atoms with Gasteiger partial charge in [-0.1, -0.05) is 24.3 Å². The number of pyridine rings is 1. The summed E-state index contributed by atoms with van der Waals surface area (Å²) in [6.07, 6.45) is 2.39. The van der Waals surface area contributed by atoms with Crippen molar-refractivity contribution in [2.75, 3.05) is 4.90 Å². The van der Waals surface area contributed by atoms with Gasteiger partial charge in [-0.25, -0.2) is 0 Å². The molecule has 2 atom stereocenters. The second kappa shape index (κ2) is 7.40. The van der Waals surface area contributed by atoms with Crippen LogP contribution in [0.15, 0.2) is 78.5 Å². The lowest BCUT2D eigenvalue weighted by Crippen LogP contribution is -2.29. The zero-order valence-corrected chi connectivity index (χ0v) is 16.9. The number of hydrogen-bond acceptors (Lipinski definition) is 5. The number of anilines is 1. The van der Waals surface area contributed by atoms with Gasteiger partial charge in [-0.15, -0.1) is 0 Å². The Kier molecular flexibility index (Phi) is 4.55. The van der Waals surface area contributed by atoms with Crippen LogP contribution in [0.5, 0.6) is 5.75 Å². The van der Waals surface area contributed by atoms with Gasteiger partial charge in [0.1, 0.15) is 23.7 Å². The molecule has 6 nitrogen and oxygen atoms in total. The molecule has 2 aliphatic heterocycles. The normalized spacial score (nSPS) is 21.8. The van der Waals surface area contributed by atoms with Gasteiger partial charge in [-0.2, -0.15) is 0 Å². The van der Waals surface area contributed by atoms with Crippen LogP contribution in [0.3, 0.4) is 0 Å². The fourth-order valence-electron chi connectivity index (χ4n) is 4.23. The standard InChI is InChI=1S/C25H20N2O4/c1-15-13-17-14-16(10-11-20(17)31-15)23(28)21-22(19-9-5-6-12-26-19)27(25(30)24(21)29)18-7-3-2-4-8-18/h2-12,14-15,22,28H,13H2,1H3/b23-21-. The minimum Gasteiger partial charge on any atom is -0.507 e. The molecule has 2 unspecified atom stereocenters. The number of carbonyl (C=O) groups is 2. The quantitative estimate of drug-likeness (QED) is 0.399. The summed E-state index contributed by atoms with van der Waals surface area (Å²) in [7, 11) is 0. The van der Waals surface area contributed by atoms with Crippen LogP contribution >= 0.6 is 0 Å². The van der Waals surface area contributed by atoms with Gasteiger partial charge < -0.3 is 9.84 Å². The third-order valence-electron chi connectivity index (χ3n) is 5.62. The molecule has 3 heterocycles. The Morgan fingerprint density at radius 3 is 2.58 bits per heavy atom.